The van der Waals surface area contributed by atoms with Gasteiger partial charge in [0.15, 0.2) is 0 Å². The van der Waals surface area contributed by atoms with Gasteiger partial charge in [-0.3, -0.25) is 9.59 Å². The highest BCUT2D eigenvalue weighted by atomic mass is 32.2. The second kappa shape index (κ2) is 7.94. The van der Waals surface area contributed by atoms with Gasteiger partial charge in [0, 0.05) is 5.25 Å². The quantitative estimate of drug-likeness (QED) is 0.811. The number of hydrogen-bond donors (Lipinski definition) is 2. The zero-order valence-electron chi connectivity index (χ0n) is 12.1. The first-order valence-corrected chi connectivity index (χ1v) is 7.63. The number of carboxylic acid groups (broad SMARTS) is 1. The Balaban J connectivity index is 2.43. The van der Waals surface area contributed by atoms with Crippen molar-refractivity contribution in [2.75, 3.05) is 5.75 Å². The average Bonchev–Trinajstić information content (AvgIpc) is 2.36. The molecule has 0 aliphatic carbocycles. The van der Waals surface area contributed by atoms with Gasteiger partial charge in [-0.2, -0.15) is 0 Å². The van der Waals surface area contributed by atoms with Gasteiger partial charge in [-0.05, 0) is 25.0 Å². The highest BCUT2D eigenvalue weighted by Crippen LogP contribution is 2.18. The maximum atomic E-state index is 11.8. The Morgan fingerprint density at radius 1 is 1.30 bits per heavy atom. The first-order chi connectivity index (χ1) is 9.40. The fourth-order valence-electron chi connectivity index (χ4n) is 1.96. The third-order valence-electron chi connectivity index (χ3n) is 2.99. The van der Waals surface area contributed by atoms with Crippen LogP contribution in [0.5, 0.6) is 0 Å². The molecule has 4 nitrogen and oxygen atoms in total. The molecule has 5 heteroatoms. The van der Waals surface area contributed by atoms with Crippen LogP contribution in [0.25, 0.3) is 0 Å². The van der Waals surface area contributed by atoms with Crippen LogP contribution in [0.15, 0.2) is 24.3 Å². The Morgan fingerprint density at radius 3 is 2.55 bits per heavy atom. The summed E-state index contributed by atoms with van der Waals surface area (Å²) >= 11 is 1.36. The molecule has 0 aliphatic heterocycles. The van der Waals surface area contributed by atoms with Crippen molar-refractivity contribution >= 4 is 23.6 Å². The maximum absolute atomic E-state index is 11.8. The summed E-state index contributed by atoms with van der Waals surface area (Å²) in [5.41, 5.74) is 2.25. The van der Waals surface area contributed by atoms with E-state index in [9.17, 15) is 9.59 Å². The van der Waals surface area contributed by atoms with Crippen LogP contribution >= 0.6 is 11.8 Å². The Bertz CT molecular complexity index is 476. The highest BCUT2D eigenvalue weighted by Gasteiger charge is 2.14. The largest absolute Gasteiger partial charge is 0.481 e. The van der Waals surface area contributed by atoms with E-state index < -0.39 is 5.97 Å². The van der Waals surface area contributed by atoms with Crippen molar-refractivity contribution in [3.8, 4) is 0 Å². The average molecular weight is 295 g/mol. The molecule has 2 unspecified atom stereocenters. The SMILES string of the molecule is Cc1ccccc1C(C)NC(=O)CSC(C)CC(=O)O. The molecule has 0 saturated heterocycles. The minimum atomic E-state index is -0.835. The van der Waals surface area contributed by atoms with Gasteiger partial charge >= 0.3 is 5.97 Å². The van der Waals surface area contributed by atoms with Gasteiger partial charge < -0.3 is 10.4 Å². The summed E-state index contributed by atoms with van der Waals surface area (Å²) in [7, 11) is 0. The number of hydrogen-bond acceptors (Lipinski definition) is 3. The van der Waals surface area contributed by atoms with E-state index >= 15 is 0 Å². The lowest BCUT2D eigenvalue weighted by Gasteiger charge is -2.17. The molecule has 2 atom stereocenters. The minimum Gasteiger partial charge on any atom is -0.481 e. The zero-order valence-corrected chi connectivity index (χ0v) is 12.9. The van der Waals surface area contributed by atoms with Crippen LogP contribution in [-0.4, -0.2) is 28.0 Å². The Hall–Kier alpha value is -1.49. The molecule has 2 N–H and O–H groups in total. The third-order valence-corrected chi connectivity index (χ3v) is 4.16. The predicted molar refractivity (Wildman–Crippen MR) is 81.9 cm³/mol. The Kier molecular flexibility index (Phi) is 6.58. The van der Waals surface area contributed by atoms with E-state index in [1.807, 2.05) is 45.0 Å². The van der Waals surface area contributed by atoms with Crippen LogP contribution in [0.3, 0.4) is 0 Å². The number of amides is 1. The van der Waals surface area contributed by atoms with E-state index in [1.165, 1.54) is 11.8 Å². The van der Waals surface area contributed by atoms with Gasteiger partial charge in [-0.1, -0.05) is 31.2 Å². The van der Waals surface area contributed by atoms with Gasteiger partial charge in [0.1, 0.15) is 0 Å². The molecule has 0 fully saturated rings. The van der Waals surface area contributed by atoms with E-state index in [-0.39, 0.29) is 29.4 Å². The van der Waals surface area contributed by atoms with Gasteiger partial charge in [-0.15, -0.1) is 11.8 Å². The molecule has 110 valence electrons. The third kappa shape index (κ3) is 5.65. The molecule has 1 aromatic rings. The van der Waals surface area contributed by atoms with Crippen molar-refractivity contribution in [2.45, 2.75) is 38.5 Å². The molecule has 0 aromatic heterocycles. The highest BCUT2D eigenvalue weighted by molar-refractivity contribution is 8.00. The molecule has 0 heterocycles. The second-order valence-electron chi connectivity index (χ2n) is 4.87. The summed E-state index contributed by atoms with van der Waals surface area (Å²) < 4.78 is 0. The van der Waals surface area contributed by atoms with Crippen LogP contribution in [0, 0.1) is 6.92 Å². The fraction of sp³-hybridized carbons (Fsp3) is 0.467. The zero-order chi connectivity index (χ0) is 15.1. The van der Waals surface area contributed by atoms with Gasteiger partial charge in [0.2, 0.25) is 5.91 Å². The van der Waals surface area contributed by atoms with Gasteiger partial charge in [0.05, 0.1) is 18.2 Å². The van der Waals surface area contributed by atoms with Crippen molar-refractivity contribution in [3.63, 3.8) is 0 Å². The summed E-state index contributed by atoms with van der Waals surface area (Å²) in [6.45, 7) is 5.78. The van der Waals surface area contributed by atoms with E-state index in [0.29, 0.717) is 0 Å². The summed E-state index contributed by atoms with van der Waals surface area (Å²) in [4.78, 5) is 22.4. The number of aliphatic carboxylic acids is 1. The van der Waals surface area contributed by atoms with Crippen molar-refractivity contribution in [1.82, 2.24) is 5.32 Å². The van der Waals surface area contributed by atoms with E-state index in [0.717, 1.165) is 11.1 Å². The van der Waals surface area contributed by atoms with Crippen molar-refractivity contribution in [2.24, 2.45) is 0 Å². The monoisotopic (exact) mass is 295 g/mol. The number of nitrogens with one attached hydrogen (secondary N) is 1. The summed E-state index contributed by atoms with van der Waals surface area (Å²) in [5.74, 6) is -0.619. The smallest absolute Gasteiger partial charge is 0.304 e. The number of aryl methyl sites for hydroxylation is 1. The molecule has 0 aliphatic rings. The molecule has 0 radical (unpaired) electrons. The number of carboxylic acids is 1. The molecule has 1 aromatic carbocycles. The topological polar surface area (TPSA) is 66.4 Å². The minimum absolute atomic E-state index is 0.0425. The molecule has 20 heavy (non-hydrogen) atoms. The number of rotatable bonds is 7. The standard InChI is InChI=1S/C15H21NO3S/c1-10-6-4-5-7-13(10)12(3)16-14(17)9-20-11(2)8-15(18)19/h4-7,11-12H,8-9H2,1-3H3,(H,16,17)(H,18,19). The van der Waals surface area contributed by atoms with Crippen LogP contribution in [0.2, 0.25) is 0 Å². The lowest BCUT2D eigenvalue weighted by molar-refractivity contribution is -0.136. The molecular formula is C15H21NO3S. The van der Waals surface area contributed by atoms with Crippen molar-refractivity contribution < 1.29 is 14.7 Å². The lowest BCUT2D eigenvalue weighted by atomic mass is 10.0. The van der Waals surface area contributed by atoms with Crippen LogP contribution < -0.4 is 5.32 Å². The summed E-state index contributed by atoms with van der Waals surface area (Å²) in [6.07, 6.45) is 0.0747. The molecule has 0 spiro atoms. The van der Waals surface area contributed by atoms with Crippen LogP contribution in [-0.2, 0) is 9.59 Å². The van der Waals surface area contributed by atoms with Crippen LogP contribution in [0.4, 0.5) is 0 Å². The normalized spacial score (nSPS) is 13.6. The molecule has 0 bridgehead atoms. The molecule has 1 rings (SSSR count). The van der Waals surface area contributed by atoms with E-state index in [4.69, 9.17) is 5.11 Å². The van der Waals surface area contributed by atoms with E-state index in [1.54, 1.807) is 0 Å². The van der Waals surface area contributed by atoms with Gasteiger partial charge in [0.25, 0.3) is 0 Å². The molecule has 0 saturated carbocycles. The second-order valence-corrected chi connectivity index (χ2v) is 6.29. The number of thioether (sulfide) groups is 1. The maximum Gasteiger partial charge on any atom is 0.304 e. The predicted octanol–water partition coefficient (Wildman–Crippen LogP) is 2.77. The Labute approximate surface area is 124 Å². The van der Waals surface area contributed by atoms with Crippen LogP contribution in [0.1, 0.15) is 37.4 Å². The first-order valence-electron chi connectivity index (χ1n) is 6.58. The fourth-order valence-corrected chi connectivity index (χ4v) is 2.74. The van der Waals surface area contributed by atoms with Gasteiger partial charge in [-0.25, -0.2) is 0 Å². The number of carbonyl (C=O) groups is 2. The molecule has 1 amide bonds. The summed E-state index contributed by atoms with van der Waals surface area (Å²) in [6, 6.07) is 7.90. The first kappa shape index (κ1) is 16.6. The summed E-state index contributed by atoms with van der Waals surface area (Å²) in [5, 5.41) is 11.5. The number of carbonyl (C=O) groups excluding carboxylic acids is 1. The van der Waals surface area contributed by atoms with Crippen molar-refractivity contribution in [1.29, 1.82) is 0 Å². The molecular weight excluding hydrogens is 274 g/mol. The van der Waals surface area contributed by atoms with E-state index in [2.05, 4.69) is 5.32 Å². The Morgan fingerprint density at radius 2 is 1.95 bits per heavy atom. The number of benzene rings is 1. The van der Waals surface area contributed by atoms with Crippen molar-refractivity contribution in [3.05, 3.63) is 35.4 Å². The lowest BCUT2D eigenvalue weighted by Crippen LogP contribution is -2.29.